The summed E-state index contributed by atoms with van der Waals surface area (Å²) in [6, 6.07) is 26.1. The smallest absolute Gasteiger partial charge is 0.243 e. The number of carbonyl (C=O) groups is 2. The van der Waals surface area contributed by atoms with Gasteiger partial charge in [-0.2, -0.15) is 4.31 Å². The lowest BCUT2D eigenvalue weighted by atomic mass is 9.97. The van der Waals surface area contributed by atoms with E-state index < -0.39 is 15.9 Å². The molecule has 0 radical (unpaired) electrons. The van der Waals surface area contributed by atoms with Crippen molar-refractivity contribution in [1.29, 1.82) is 0 Å². The highest BCUT2D eigenvalue weighted by atomic mass is 35.5. The van der Waals surface area contributed by atoms with E-state index in [2.05, 4.69) is 5.32 Å². The van der Waals surface area contributed by atoms with Crippen LogP contribution in [0.3, 0.4) is 0 Å². The first-order valence-electron chi connectivity index (χ1n) is 12.0. The minimum atomic E-state index is -3.77. The Morgan fingerprint density at radius 2 is 1.59 bits per heavy atom. The fourth-order valence-electron chi connectivity index (χ4n) is 4.64. The van der Waals surface area contributed by atoms with Gasteiger partial charge in [0.2, 0.25) is 15.9 Å². The summed E-state index contributed by atoms with van der Waals surface area (Å²) >= 11 is 6.16. The van der Waals surface area contributed by atoms with Gasteiger partial charge in [-0.3, -0.25) is 9.59 Å². The molecule has 0 saturated carbocycles. The first-order chi connectivity index (χ1) is 17.8. The number of nitrogens with zero attached hydrogens (tertiary/aromatic N) is 1. The second-order valence-electron chi connectivity index (χ2n) is 9.09. The van der Waals surface area contributed by atoms with E-state index in [1.165, 1.54) is 10.4 Å². The zero-order chi connectivity index (χ0) is 26.0. The average Bonchev–Trinajstić information content (AvgIpc) is 2.93. The molecule has 0 aliphatic carbocycles. The summed E-state index contributed by atoms with van der Waals surface area (Å²) in [5.74, 6) is -1.15. The highest BCUT2D eigenvalue weighted by molar-refractivity contribution is 7.89. The number of hydrogen-bond acceptors (Lipinski definition) is 4. The molecule has 8 heteroatoms. The summed E-state index contributed by atoms with van der Waals surface area (Å²) < 4.78 is 28.2. The maximum absolute atomic E-state index is 13.4. The van der Waals surface area contributed by atoms with E-state index in [-0.39, 0.29) is 28.7 Å². The van der Waals surface area contributed by atoms with Crippen molar-refractivity contribution >= 4 is 49.8 Å². The number of sulfonamides is 1. The normalized spacial score (nSPS) is 16.4. The fraction of sp³-hybridized carbons (Fsp3) is 0.172. The maximum atomic E-state index is 13.4. The zero-order valence-electron chi connectivity index (χ0n) is 19.9. The Morgan fingerprint density at radius 3 is 2.38 bits per heavy atom. The highest BCUT2D eigenvalue weighted by Gasteiger charge is 2.34. The van der Waals surface area contributed by atoms with Crippen LogP contribution in [0.25, 0.3) is 10.8 Å². The minimum Gasteiger partial charge on any atom is -0.325 e. The van der Waals surface area contributed by atoms with E-state index in [0.29, 0.717) is 35.7 Å². The molecule has 0 bridgehead atoms. The summed E-state index contributed by atoms with van der Waals surface area (Å²) in [4.78, 5) is 26.6. The van der Waals surface area contributed by atoms with Gasteiger partial charge in [-0.15, -0.1) is 0 Å². The lowest BCUT2D eigenvalue weighted by Crippen LogP contribution is -2.43. The molecule has 1 aliphatic heterocycles. The molecule has 6 nitrogen and oxygen atoms in total. The van der Waals surface area contributed by atoms with Crippen LogP contribution >= 0.6 is 11.6 Å². The van der Waals surface area contributed by atoms with Crippen LogP contribution in [0.15, 0.2) is 95.9 Å². The van der Waals surface area contributed by atoms with E-state index in [4.69, 9.17) is 11.6 Å². The maximum Gasteiger partial charge on any atom is 0.243 e. The van der Waals surface area contributed by atoms with Gasteiger partial charge in [0.05, 0.1) is 16.5 Å². The molecule has 1 amide bonds. The van der Waals surface area contributed by atoms with Gasteiger partial charge in [0.25, 0.3) is 0 Å². The van der Waals surface area contributed by atoms with Crippen LogP contribution in [0.5, 0.6) is 0 Å². The van der Waals surface area contributed by atoms with Crippen LogP contribution in [-0.4, -0.2) is 37.5 Å². The molecule has 37 heavy (non-hydrogen) atoms. The molecule has 1 fully saturated rings. The number of rotatable bonds is 6. The quantitative estimate of drug-likeness (QED) is 0.320. The van der Waals surface area contributed by atoms with Crippen LogP contribution in [0.4, 0.5) is 5.69 Å². The monoisotopic (exact) mass is 532 g/mol. The minimum absolute atomic E-state index is 0.0660. The van der Waals surface area contributed by atoms with Gasteiger partial charge in [0, 0.05) is 29.2 Å². The highest BCUT2D eigenvalue weighted by Crippen LogP contribution is 2.29. The molecule has 1 atom stereocenters. The van der Waals surface area contributed by atoms with E-state index in [9.17, 15) is 18.0 Å². The van der Waals surface area contributed by atoms with Gasteiger partial charge in [-0.05, 0) is 53.9 Å². The summed E-state index contributed by atoms with van der Waals surface area (Å²) in [5.41, 5.74) is 1.10. The van der Waals surface area contributed by atoms with Gasteiger partial charge < -0.3 is 5.32 Å². The molecular weight excluding hydrogens is 508 g/mol. The molecule has 0 aromatic heterocycles. The summed E-state index contributed by atoms with van der Waals surface area (Å²) in [6.45, 7) is 0.411. The van der Waals surface area contributed by atoms with E-state index >= 15 is 0 Å². The Labute approximate surface area is 220 Å². The molecular formula is C29H25ClN2O4S. The first-order valence-corrected chi connectivity index (χ1v) is 13.8. The molecule has 4 aromatic carbocycles. The SMILES string of the molecule is O=C(c1ccccc1)c1cc(Cl)ccc1NC(=O)[C@@H]1CCCN(S(=O)(=O)c2ccc3ccccc3c2)C1. The Balaban J connectivity index is 1.35. The summed E-state index contributed by atoms with van der Waals surface area (Å²) in [7, 11) is -3.77. The van der Waals surface area contributed by atoms with Gasteiger partial charge in [0.1, 0.15) is 0 Å². The number of halogens is 1. The number of piperidine rings is 1. The third-order valence-corrected chi connectivity index (χ3v) is 8.73. The van der Waals surface area contributed by atoms with Gasteiger partial charge in [-0.25, -0.2) is 8.42 Å². The Hall–Kier alpha value is -3.52. The van der Waals surface area contributed by atoms with Crippen molar-refractivity contribution in [2.45, 2.75) is 17.7 Å². The molecule has 0 unspecified atom stereocenters. The van der Waals surface area contributed by atoms with Gasteiger partial charge >= 0.3 is 0 Å². The standard InChI is InChI=1S/C29H25ClN2O4S/c30-24-13-15-27(26(18-24)28(33)21-8-2-1-3-9-21)31-29(34)23-11-6-16-32(19-23)37(35,36)25-14-12-20-7-4-5-10-22(20)17-25/h1-5,7-10,12-15,17-18,23H,6,11,16,19H2,(H,31,34)/t23-/m1/s1. The second kappa shape index (κ2) is 10.5. The van der Waals surface area contributed by atoms with E-state index in [0.717, 1.165) is 10.8 Å². The predicted molar refractivity (Wildman–Crippen MR) is 145 cm³/mol. The predicted octanol–water partition coefficient (Wildman–Crippen LogP) is 5.76. The first kappa shape index (κ1) is 25.1. The third kappa shape index (κ3) is 5.30. The van der Waals surface area contributed by atoms with E-state index in [1.807, 2.05) is 30.3 Å². The number of hydrogen-bond donors (Lipinski definition) is 1. The van der Waals surface area contributed by atoms with Crippen molar-refractivity contribution in [2.75, 3.05) is 18.4 Å². The fourth-order valence-corrected chi connectivity index (χ4v) is 6.38. The van der Waals surface area contributed by atoms with Crippen LogP contribution in [-0.2, 0) is 14.8 Å². The van der Waals surface area contributed by atoms with E-state index in [1.54, 1.807) is 54.6 Å². The summed E-state index contributed by atoms with van der Waals surface area (Å²) in [5, 5.41) is 5.03. The molecule has 1 N–H and O–H groups in total. The van der Waals surface area contributed by atoms with Crippen molar-refractivity contribution in [3.63, 3.8) is 0 Å². The number of ketones is 1. The number of fused-ring (bicyclic) bond motifs is 1. The van der Waals surface area contributed by atoms with Crippen molar-refractivity contribution in [3.05, 3.63) is 107 Å². The van der Waals surface area contributed by atoms with Crippen LogP contribution in [0, 0.1) is 5.92 Å². The number of anilines is 1. The van der Waals surface area contributed by atoms with Crippen LogP contribution in [0.2, 0.25) is 5.02 Å². The number of amides is 1. The van der Waals surface area contributed by atoms with Crippen LogP contribution in [0.1, 0.15) is 28.8 Å². The summed E-state index contributed by atoms with van der Waals surface area (Å²) in [6.07, 6.45) is 1.10. The molecule has 4 aromatic rings. The molecule has 5 rings (SSSR count). The number of benzene rings is 4. The van der Waals surface area contributed by atoms with Gasteiger partial charge in [-0.1, -0.05) is 72.3 Å². The largest absolute Gasteiger partial charge is 0.325 e. The average molecular weight is 533 g/mol. The van der Waals surface area contributed by atoms with Crippen molar-refractivity contribution < 1.29 is 18.0 Å². The Morgan fingerprint density at radius 1 is 0.865 bits per heavy atom. The Bertz CT molecular complexity index is 1590. The number of carbonyl (C=O) groups excluding carboxylic acids is 2. The molecule has 1 heterocycles. The molecule has 1 aliphatic rings. The van der Waals surface area contributed by atoms with Crippen molar-refractivity contribution in [3.8, 4) is 0 Å². The lowest BCUT2D eigenvalue weighted by molar-refractivity contribution is -0.120. The molecule has 0 spiro atoms. The van der Waals surface area contributed by atoms with Crippen molar-refractivity contribution in [1.82, 2.24) is 4.31 Å². The second-order valence-corrected chi connectivity index (χ2v) is 11.5. The molecule has 188 valence electrons. The number of nitrogens with one attached hydrogen (secondary N) is 1. The third-order valence-electron chi connectivity index (χ3n) is 6.63. The topological polar surface area (TPSA) is 83.6 Å². The van der Waals surface area contributed by atoms with Crippen molar-refractivity contribution in [2.24, 2.45) is 5.92 Å². The van der Waals surface area contributed by atoms with Gasteiger partial charge in [0.15, 0.2) is 5.78 Å². The lowest BCUT2D eigenvalue weighted by Gasteiger charge is -2.31. The van der Waals surface area contributed by atoms with Crippen LogP contribution < -0.4 is 5.32 Å². The Kier molecular flexibility index (Phi) is 7.11. The zero-order valence-corrected chi connectivity index (χ0v) is 21.5. The molecule has 1 saturated heterocycles.